The monoisotopic (exact) mass is 355 g/mol. The van der Waals surface area contributed by atoms with Crippen LogP contribution in [0.25, 0.3) is 0 Å². The van der Waals surface area contributed by atoms with E-state index < -0.39 is 17.6 Å². The molecule has 1 rings (SSSR count). The summed E-state index contributed by atoms with van der Waals surface area (Å²) >= 11 is 4.68. The van der Waals surface area contributed by atoms with Crippen LogP contribution in [0.5, 0.6) is 0 Å². The average Bonchev–Trinajstić information content (AvgIpc) is 2.34. The minimum absolute atomic E-state index is 0.0263. The van der Waals surface area contributed by atoms with Crippen molar-refractivity contribution >= 4 is 33.6 Å². The molecule has 0 atom stereocenters. The van der Waals surface area contributed by atoms with Crippen molar-refractivity contribution in [2.75, 3.05) is 25.6 Å². The molecule has 0 aliphatic carbocycles. The molecule has 0 aromatic heterocycles. The van der Waals surface area contributed by atoms with Gasteiger partial charge in [0.1, 0.15) is 0 Å². The van der Waals surface area contributed by atoms with E-state index in [-0.39, 0.29) is 5.56 Å². The molecular weight excluding hydrogens is 343 g/mol. The largest absolute Gasteiger partial charge is 0.416 e. The van der Waals surface area contributed by atoms with Gasteiger partial charge in [-0.2, -0.15) is 24.9 Å². The smallest absolute Gasteiger partial charge is 0.341 e. The van der Waals surface area contributed by atoms with Crippen LogP contribution in [0.2, 0.25) is 0 Å². The van der Waals surface area contributed by atoms with Crippen LogP contribution in [0.1, 0.15) is 15.9 Å². The fraction of sp³-hybridized carbons (Fsp3) is 0.417. The summed E-state index contributed by atoms with van der Waals surface area (Å²) in [6.45, 7) is 0.489. The lowest BCUT2D eigenvalue weighted by Gasteiger charge is -2.18. The molecule has 1 aromatic carbocycles. The van der Waals surface area contributed by atoms with Crippen molar-refractivity contribution in [2.45, 2.75) is 6.18 Å². The Bertz CT molecular complexity index is 465. The molecule has 0 unspecified atom stereocenters. The van der Waals surface area contributed by atoms with Gasteiger partial charge in [-0.05, 0) is 40.4 Å². The van der Waals surface area contributed by atoms with E-state index in [9.17, 15) is 18.0 Å². The normalized spacial score (nSPS) is 11.5. The van der Waals surface area contributed by atoms with Crippen LogP contribution in [-0.4, -0.2) is 36.4 Å². The third-order valence-corrected chi connectivity index (χ3v) is 3.78. The summed E-state index contributed by atoms with van der Waals surface area (Å²) in [5.41, 5.74) is -0.796. The standard InChI is InChI=1S/C12H13BrF3NOS/c1-17(5-6-19-2)11(18)9-7-8(12(14,15)16)3-4-10(9)13/h3-4,7H,5-6H2,1-2H3. The Balaban J connectivity index is 3.02. The highest BCUT2D eigenvalue weighted by atomic mass is 79.9. The minimum Gasteiger partial charge on any atom is -0.341 e. The molecule has 1 aromatic rings. The van der Waals surface area contributed by atoms with Crippen molar-refractivity contribution in [1.82, 2.24) is 4.90 Å². The lowest BCUT2D eigenvalue weighted by Crippen LogP contribution is -2.29. The van der Waals surface area contributed by atoms with Crippen LogP contribution >= 0.6 is 27.7 Å². The fourth-order valence-electron chi connectivity index (χ4n) is 1.40. The molecule has 0 saturated carbocycles. The topological polar surface area (TPSA) is 20.3 Å². The maximum Gasteiger partial charge on any atom is 0.416 e. The highest BCUT2D eigenvalue weighted by Crippen LogP contribution is 2.32. The Hall–Kier alpha value is -0.690. The van der Waals surface area contributed by atoms with E-state index in [1.807, 2.05) is 6.26 Å². The van der Waals surface area contributed by atoms with Gasteiger partial charge < -0.3 is 4.90 Å². The summed E-state index contributed by atoms with van der Waals surface area (Å²) in [7, 11) is 1.57. The van der Waals surface area contributed by atoms with Crippen molar-refractivity contribution in [3.63, 3.8) is 0 Å². The van der Waals surface area contributed by atoms with Crippen molar-refractivity contribution < 1.29 is 18.0 Å². The van der Waals surface area contributed by atoms with Crippen LogP contribution in [-0.2, 0) is 6.18 Å². The van der Waals surface area contributed by atoms with E-state index in [2.05, 4.69) is 15.9 Å². The van der Waals surface area contributed by atoms with Crippen LogP contribution < -0.4 is 0 Å². The molecule has 2 nitrogen and oxygen atoms in total. The van der Waals surface area contributed by atoms with E-state index >= 15 is 0 Å². The van der Waals surface area contributed by atoms with Crippen LogP contribution in [0.4, 0.5) is 13.2 Å². The Morgan fingerprint density at radius 2 is 2.05 bits per heavy atom. The summed E-state index contributed by atoms with van der Waals surface area (Å²) in [6, 6.07) is 3.07. The van der Waals surface area contributed by atoms with E-state index in [0.717, 1.165) is 17.9 Å². The zero-order valence-corrected chi connectivity index (χ0v) is 12.8. The third kappa shape index (κ3) is 4.42. The number of thioether (sulfide) groups is 1. The summed E-state index contributed by atoms with van der Waals surface area (Å²) in [5.74, 6) is 0.311. The SMILES string of the molecule is CSCCN(C)C(=O)c1cc(C(F)(F)F)ccc1Br. The predicted octanol–water partition coefficient (Wildman–Crippen LogP) is 3.90. The fourth-order valence-corrected chi connectivity index (χ4v) is 2.27. The maximum absolute atomic E-state index is 12.6. The molecule has 0 saturated heterocycles. The lowest BCUT2D eigenvalue weighted by atomic mass is 10.1. The average molecular weight is 356 g/mol. The molecule has 0 heterocycles. The minimum atomic E-state index is -4.45. The molecule has 0 spiro atoms. The molecule has 1 amide bonds. The number of amides is 1. The van der Waals surface area contributed by atoms with Crippen LogP contribution in [0.3, 0.4) is 0 Å². The number of benzene rings is 1. The van der Waals surface area contributed by atoms with Crippen molar-refractivity contribution in [1.29, 1.82) is 0 Å². The summed E-state index contributed by atoms with van der Waals surface area (Å²) in [5, 5.41) is 0. The molecule has 0 N–H and O–H groups in total. The van der Waals surface area contributed by atoms with Crippen LogP contribution in [0, 0.1) is 0 Å². The third-order valence-electron chi connectivity index (χ3n) is 2.50. The number of nitrogens with zero attached hydrogens (tertiary/aromatic N) is 1. The van der Waals surface area contributed by atoms with E-state index in [1.165, 1.54) is 11.0 Å². The predicted molar refractivity (Wildman–Crippen MR) is 74.5 cm³/mol. The molecule has 0 bridgehead atoms. The van der Waals surface area contributed by atoms with Gasteiger partial charge in [0, 0.05) is 23.8 Å². The number of alkyl halides is 3. The number of hydrogen-bond donors (Lipinski definition) is 0. The second kappa shape index (κ2) is 6.65. The first-order valence-electron chi connectivity index (χ1n) is 5.38. The highest BCUT2D eigenvalue weighted by Gasteiger charge is 2.31. The van der Waals surface area contributed by atoms with Gasteiger partial charge in [0.15, 0.2) is 0 Å². The number of rotatable bonds is 4. The van der Waals surface area contributed by atoms with Gasteiger partial charge in [-0.3, -0.25) is 4.79 Å². The summed E-state index contributed by atoms with van der Waals surface area (Å²) in [4.78, 5) is 13.5. The quantitative estimate of drug-likeness (QED) is 0.816. The number of hydrogen-bond acceptors (Lipinski definition) is 2. The molecule has 106 valence electrons. The lowest BCUT2D eigenvalue weighted by molar-refractivity contribution is -0.137. The van der Waals surface area contributed by atoms with Gasteiger partial charge in [0.05, 0.1) is 11.1 Å². The van der Waals surface area contributed by atoms with E-state index in [4.69, 9.17) is 0 Å². The van der Waals surface area contributed by atoms with Gasteiger partial charge in [-0.25, -0.2) is 0 Å². The molecule has 0 aliphatic heterocycles. The Labute approximate surface area is 122 Å². The Morgan fingerprint density at radius 1 is 1.42 bits per heavy atom. The van der Waals surface area contributed by atoms with Gasteiger partial charge in [-0.15, -0.1) is 0 Å². The molecule has 7 heteroatoms. The highest BCUT2D eigenvalue weighted by molar-refractivity contribution is 9.10. The Morgan fingerprint density at radius 3 is 2.58 bits per heavy atom. The number of halogens is 4. The first-order valence-corrected chi connectivity index (χ1v) is 7.57. The molecule has 0 fully saturated rings. The van der Waals surface area contributed by atoms with Gasteiger partial charge >= 0.3 is 6.18 Å². The molecule has 19 heavy (non-hydrogen) atoms. The molecule has 0 aliphatic rings. The van der Waals surface area contributed by atoms with Crippen molar-refractivity contribution in [3.8, 4) is 0 Å². The summed E-state index contributed by atoms with van der Waals surface area (Å²) < 4.78 is 38.2. The number of carbonyl (C=O) groups excluding carboxylic acids is 1. The zero-order chi connectivity index (χ0) is 14.6. The van der Waals surface area contributed by atoms with Gasteiger partial charge in [0.2, 0.25) is 0 Å². The van der Waals surface area contributed by atoms with Crippen molar-refractivity contribution in [3.05, 3.63) is 33.8 Å². The number of carbonyl (C=O) groups is 1. The second-order valence-corrected chi connectivity index (χ2v) is 5.75. The second-order valence-electron chi connectivity index (χ2n) is 3.91. The zero-order valence-electron chi connectivity index (χ0n) is 10.4. The van der Waals surface area contributed by atoms with E-state index in [1.54, 1.807) is 18.8 Å². The molecule has 0 radical (unpaired) electrons. The van der Waals surface area contributed by atoms with Crippen molar-refractivity contribution in [2.24, 2.45) is 0 Å². The van der Waals surface area contributed by atoms with E-state index in [0.29, 0.717) is 11.0 Å². The first-order chi connectivity index (χ1) is 8.77. The maximum atomic E-state index is 12.6. The Kier molecular flexibility index (Phi) is 5.73. The summed E-state index contributed by atoms with van der Waals surface area (Å²) in [6.07, 6.45) is -2.55. The van der Waals surface area contributed by atoms with Crippen LogP contribution in [0.15, 0.2) is 22.7 Å². The van der Waals surface area contributed by atoms with Gasteiger partial charge in [0.25, 0.3) is 5.91 Å². The molecular formula is C12H13BrF3NOS. The van der Waals surface area contributed by atoms with Gasteiger partial charge in [-0.1, -0.05) is 0 Å². The first kappa shape index (κ1) is 16.4.